The van der Waals surface area contributed by atoms with Crippen LogP contribution in [0.25, 0.3) is 0 Å². The number of nitrogens with one attached hydrogen (secondary N) is 1. The lowest BCUT2D eigenvalue weighted by atomic mass is 9.88. The number of hydrogen-bond acceptors (Lipinski definition) is 3. The maximum atomic E-state index is 5.85. The molecule has 1 aromatic heterocycles. The highest BCUT2D eigenvalue weighted by Crippen LogP contribution is 2.29. The Labute approximate surface area is 104 Å². The van der Waals surface area contributed by atoms with Gasteiger partial charge in [0.1, 0.15) is 0 Å². The van der Waals surface area contributed by atoms with Crippen molar-refractivity contribution >= 4 is 18.2 Å². The van der Waals surface area contributed by atoms with Crippen molar-refractivity contribution in [2.45, 2.75) is 25.3 Å². The Hall–Kier alpha value is -1.62. The van der Waals surface area contributed by atoms with Crippen LogP contribution in [0.5, 0.6) is 0 Å². The Morgan fingerprint density at radius 3 is 2.82 bits per heavy atom. The Kier molecular flexibility index (Phi) is 2.48. The minimum Gasteiger partial charge on any atom is -0.368 e. The van der Waals surface area contributed by atoms with Crippen LogP contribution >= 0.6 is 12.2 Å². The first-order chi connectivity index (χ1) is 8.25. The van der Waals surface area contributed by atoms with Crippen LogP contribution in [0, 0.1) is 4.77 Å². The van der Waals surface area contributed by atoms with E-state index in [-0.39, 0.29) is 0 Å². The smallest absolute Gasteiger partial charge is 0.220 e. The second kappa shape index (κ2) is 4.00. The molecular formula is C12H14N4S. The zero-order valence-electron chi connectivity index (χ0n) is 9.39. The van der Waals surface area contributed by atoms with Gasteiger partial charge in [-0.1, -0.05) is 24.3 Å². The van der Waals surface area contributed by atoms with Crippen LogP contribution < -0.4 is 5.73 Å². The number of benzene rings is 1. The maximum absolute atomic E-state index is 5.85. The molecule has 4 nitrogen and oxygen atoms in total. The molecule has 0 aliphatic heterocycles. The van der Waals surface area contributed by atoms with Crippen LogP contribution in [0.2, 0.25) is 0 Å². The number of rotatable bonds is 1. The van der Waals surface area contributed by atoms with E-state index in [2.05, 4.69) is 34.5 Å². The van der Waals surface area contributed by atoms with Gasteiger partial charge in [-0.2, -0.15) is 0 Å². The molecule has 1 unspecified atom stereocenters. The number of hydrogen-bond donors (Lipinski definition) is 2. The summed E-state index contributed by atoms with van der Waals surface area (Å²) in [5, 5.41) is 6.72. The summed E-state index contributed by atoms with van der Waals surface area (Å²) in [6.45, 7) is 0. The summed E-state index contributed by atoms with van der Waals surface area (Å²) in [4.78, 5) is 0. The van der Waals surface area contributed by atoms with Crippen LogP contribution in [0.15, 0.2) is 24.3 Å². The van der Waals surface area contributed by atoms with Gasteiger partial charge in [-0.05, 0) is 42.6 Å². The zero-order chi connectivity index (χ0) is 11.8. The van der Waals surface area contributed by atoms with Gasteiger partial charge in [0.15, 0.2) is 4.77 Å². The average molecular weight is 246 g/mol. The van der Waals surface area contributed by atoms with Crippen LogP contribution in [0.1, 0.15) is 23.6 Å². The predicted molar refractivity (Wildman–Crippen MR) is 69.3 cm³/mol. The molecule has 88 valence electrons. The van der Waals surface area contributed by atoms with Crippen molar-refractivity contribution in [1.29, 1.82) is 0 Å². The van der Waals surface area contributed by atoms with E-state index in [1.165, 1.54) is 11.1 Å². The van der Waals surface area contributed by atoms with Crippen molar-refractivity contribution in [3.8, 4) is 0 Å². The first kappa shape index (κ1) is 10.5. The zero-order valence-corrected chi connectivity index (χ0v) is 10.2. The van der Waals surface area contributed by atoms with Crippen molar-refractivity contribution < 1.29 is 0 Å². The van der Waals surface area contributed by atoms with Gasteiger partial charge in [0.2, 0.25) is 5.95 Å². The largest absolute Gasteiger partial charge is 0.368 e. The standard InChI is InChI=1S/C12H14N4S/c13-11-14-15-12(17)16(11)10-6-5-8-3-1-2-4-9(8)7-10/h1-4,10H,5-7H2,(H2,13,14)(H,15,17). The lowest BCUT2D eigenvalue weighted by molar-refractivity contribution is 0.442. The van der Waals surface area contributed by atoms with Crippen molar-refractivity contribution in [3.63, 3.8) is 0 Å². The quantitative estimate of drug-likeness (QED) is 0.759. The number of nitrogen functional groups attached to an aromatic ring is 1. The molecular weight excluding hydrogens is 232 g/mol. The van der Waals surface area contributed by atoms with Crippen molar-refractivity contribution in [1.82, 2.24) is 14.8 Å². The van der Waals surface area contributed by atoms with E-state index < -0.39 is 0 Å². The molecule has 0 amide bonds. The Morgan fingerprint density at radius 1 is 1.35 bits per heavy atom. The van der Waals surface area contributed by atoms with Gasteiger partial charge >= 0.3 is 0 Å². The number of nitrogens with zero attached hydrogens (tertiary/aromatic N) is 2. The highest BCUT2D eigenvalue weighted by Gasteiger charge is 2.21. The maximum Gasteiger partial charge on any atom is 0.220 e. The third-order valence-electron chi connectivity index (χ3n) is 3.42. The Morgan fingerprint density at radius 2 is 2.12 bits per heavy atom. The second-order valence-electron chi connectivity index (χ2n) is 4.42. The average Bonchev–Trinajstić information content (AvgIpc) is 2.68. The van der Waals surface area contributed by atoms with Gasteiger partial charge in [0, 0.05) is 6.04 Å². The van der Waals surface area contributed by atoms with E-state index in [0.717, 1.165) is 19.3 Å². The molecule has 1 aliphatic carbocycles. The lowest BCUT2D eigenvalue weighted by Crippen LogP contribution is -2.20. The first-order valence-electron chi connectivity index (χ1n) is 5.75. The third kappa shape index (κ3) is 1.76. The molecule has 1 atom stereocenters. The summed E-state index contributed by atoms with van der Waals surface area (Å²) in [7, 11) is 0. The van der Waals surface area contributed by atoms with Gasteiger partial charge in [-0.25, -0.2) is 5.10 Å². The summed E-state index contributed by atoms with van der Waals surface area (Å²) >= 11 is 5.22. The fraction of sp³-hybridized carbons (Fsp3) is 0.333. The SMILES string of the molecule is Nc1n[nH]c(=S)n1C1CCc2ccccc2C1. The van der Waals surface area contributed by atoms with E-state index in [1.807, 2.05) is 4.57 Å². The predicted octanol–water partition coefficient (Wildman–Crippen LogP) is 2.25. The molecule has 2 aromatic rings. The molecule has 0 bridgehead atoms. The Balaban J connectivity index is 1.97. The molecule has 0 spiro atoms. The monoisotopic (exact) mass is 246 g/mol. The number of aromatic nitrogens is 3. The van der Waals surface area contributed by atoms with E-state index >= 15 is 0 Å². The van der Waals surface area contributed by atoms with Crippen LogP contribution in [-0.2, 0) is 12.8 Å². The Bertz CT molecular complexity index is 599. The molecule has 0 saturated heterocycles. The number of aromatic amines is 1. The van der Waals surface area contributed by atoms with Crippen molar-refractivity contribution in [2.24, 2.45) is 0 Å². The number of fused-ring (bicyclic) bond motifs is 1. The summed E-state index contributed by atoms with van der Waals surface area (Å²) in [5.74, 6) is 0.486. The van der Waals surface area contributed by atoms with E-state index in [1.54, 1.807) is 0 Å². The normalized spacial score (nSPS) is 18.9. The molecule has 0 radical (unpaired) electrons. The number of anilines is 1. The van der Waals surface area contributed by atoms with Gasteiger partial charge in [0.05, 0.1) is 0 Å². The number of H-pyrrole nitrogens is 1. The fourth-order valence-corrected chi connectivity index (χ4v) is 2.86. The fourth-order valence-electron chi connectivity index (χ4n) is 2.57. The molecule has 0 fully saturated rings. The summed E-state index contributed by atoms with van der Waals surface area (Å²) in [6, 6.07) is 8.89. The molecule has 17 heavy (non-hydrogen) atoms. The summed E-state index contributed by atoms with van der Waals surface area (Å²) in [6.07, 6.45) is 3.12. The van der Waals surface area contributed by atoms with Crippen molar-refractivity contribution in [2.75, 3.05) is 5.73 Å². The van der Waals surface area contributed by atoms with E-state index in [4.69, 9.17) is 18.0 Å². The van der Waals surface area contributed by atoms with E-state index in [9.17, 15) is 0 Å². The molecule has 3 rings (SSSR count). The van der Waals surface area contributed by atoms with Gasteiger partial charge in [0.25, 0.3) is 0 Å². The minimum absolute atomic E-state index is 0.330. The highest BCUT2D eigenvalue weighted by molar-refractivity contribution is 7.71. The minimum atomic E-state index is 0.330. The number of nitrogens with two attached hydrogens (primary N) is 1. The molecule has 5 heteroatoms. The van der Waals surface area contributed by atoms with E-state index in [0.29, 0.717) is 16.8 Å². The van der Waals surface area contributed by atoms with Gasteiger partial charge < -0.3 is 5.73 Å². The molecule has 1 heterocycles. The van der Waals surface area contributed by atoms with Crippen LogP contribution in [-0.4, -0.2) is 14.8 Å². The summed E-state index contributed by atoms with van der Waals surface area (Å²) < 4.78 is 2.55. The first-order valence-corrected chi connectivity index (χ1v) is 6.15. The number of aryl methyl sites for hydroxylation is 1. The second-order valence-corrected chi connectivity index (χ2v) is 4.81. The highest BCUT2D eigenvalue weighted by atomic mass is 32.1. The van der Waals surface area contributed by atoms with Crippen LogP contribution in [0.3, 0.4) is 0 Å². The van der Waals surface area contributed by atoms with Gasteiger partial charge in [-0.15, -0.1) is 5.10 Å². The molecule has 1 aliphatic rings. The molecule has 3 N–H and O–H groups in total. The topological polar surface area (TPSA) is 59.6 Å². The lowest BCUT2D eigenvalue weighted by Gasteiger charge is -2.25. The third-order valence-corrected chi connectivity index (χ3v) is 3.71. The molecule has 0 saturated carbocycles. The van der Waals surface area contributed by atoms with Crippen LogP contribution in [0.4, 0.5) is 5.95 Å². The molecule has 1 aromatic carbocycles. The summed E-state index contributed by atoms with van der Waals surface area (Å²) in [5.41, 5.74) is 8.68. The van der Waals surface area contributed by atoms with Gasteiger partial charge in [-0.3, -0.25) is 4.57 Å². The van der Waals surface area contributed by atoms with Crippen molar-refractivity contribution in [3.05, 3.63) is 40.2 Å².